The molecule has 1 aromatic carbocycles. The van der Waals surface area contributed by atoms with Crippen molar-refractivity contribution in [2.75, 3.05) is 11.9 Å². The van der Waals surface area contributed by atoms with Crippen molar-refractivity contribution < 1.29 is 19.1 Å². The number of carbonyl (C=O) groups excluding carboxylic acids is 1. The van der Waals surface area contributed by atoms with Gasteiger partial charge in [-0.3, -0.25) is 9.59 Å². The Balaban J connectivity index is 2.67. The average molecular weight is 226 g/mol. The highest BCUT2D eigenvalue weighted by atomic mass is 19.1. The average Bonchev–Trinajstić information content (AvgIpc) is 2.24. The lowest BCUT2D eigenvalue weighted by Gasteiger charge is -2.06. The van der Waals surface area contributed by atoms with Gasteiger partial charge in [0.2, 0.25) is 6.41 Å². The quantitative estimate of drug-likeness (QED) is 0.619. The monoisotopic (exact) mass is 226 g/mol. The number of halogens is 1. The molecule has 6 heteroatoms. The second kappa shape index (κ2) is 5.69. The number of anilines is 1. The van der Waals surface area contributed by atoms with Crippen LogP contribution in [0.25, 0.3) is 0 Å². The number of carboxylic acids is 1. The smallest absolute Gasteiger partial charge is 0.322 e. The molecule has 0 saturated carbocycles. The Labute approximate surface area is 91.3 Å². The van der Waals surface area contributed by atoms with Crippen LogP contribution in [-0.2, 0) is 16.1 Å². The molecule has 0 heterocycles. The highest BCUT2D eigenvalue weighted by Crippen LogP contribution is 2.15. The number of hydrogen-bond acceptors (Lipinski definition) is 3. The van der Waals surface area contributed by atoms with Crippen LogP contribution in [0.15, 0.2) is 18.2 Å². The van der Waals surface area contributed by atoms with Gasteiger partial charge < -0.3 is 15.7 Å². The number of carbonyl (C=O) groups is 2. The first-order valence-corrected chi connectivity index (χ1v) is 4.54. The van der Waals surface area contributed by atoms with E-state index in [1.54, 1.807) is 6.07 Å². The van der Waals surface area contributed by atoms with Crippen molar-refractivity contribution in [1.29, 1.82) is 0 Å². The van der Waals surface area contributed by atoms with Crippen molar-refractivity contribution in [3.63, 3.8) is 0 Å². The zero-order valence-corrected chi connectivity index (χ0v) is 8.37. The van der Waals surface area contributed by atoms with Crippen LogP contribution in [-0.4, -0.2) is 24.0 Å². The van der Waals surface area contributed by atoms with E-state index in [9.17, 15) is 14.0 Å². The molecule has 16 heavy (non-hydrogen) atoms. The largest absolute Gasteiger partial charge is 0.480 e. The maximum Gasteiger partial charge on any atom is 0.322 e. The first-order chi connectivity index (χ1) is 7.63. The fourth-order valence-electron chi connectivity index (χ4n) is 1.14. The van der Waals surface area contributed by atoms with Gasteiger partial charge in [-0.2, -0.15) is 0 Å². The van der Waals surface area contributed by atoms with Crippen LogP contribution in [0.4, 0.5) is 10.1 Å². The molecule has 1 amide bonds. The van der Waals surface area contributed by atoms with E-state index in [1.807, 2.05) is 0 Å². The predicted molar refractivity (Wildman–Crippen MR) is 55.4 cm³/mol. The molecule has 0 aliphatic heterocycles. The molecule has 0 aliphatic carbocycles. The summed E-state index contributed by atoms with van der Waals surface area (Å²) >= 11 is 0. The van der Waals surface area contributed by atoms with Crippen molar-refractivity contribution in [3.8, 4) is 0 Å². The molecule has 0 aliphatic rings. The normalized spacial score (nSPS) is 9.56. The first kappa shape index (κ1) is 12.0. The van der Waals surface area contributed by atoms with E-state index in [4.69, 9.17) is 5.11 Å². The number of aliphatic carboxylic acids is 1. The van der Waals surface area contributed by atoms with Crippen LogP contribution in [0.2, 0.25) is 0 Å². The van der Waals surface area contributed by atoms with Gasteiger partial charge in [-0.15, -0.1) is 0 Å². The van der Waals surface area contributed by atoms with E-state index in [-0.39, 0.29) is 18.8 Å². The summed E-state index contributed by atoms with van der Waals surface area (Å²) in [5, 5.41) is 13.2. The number of hydrogen-bond donors (Lipinski definition) is 3. The second-order valence-corrected chi connectivity index (χ2v) is 3.06. The lowest BCUT2D eigenvalue weighted by atomic mass is 10.2. The molecule has 0 unspecified atom stereocenters. The fraction of sp³-hybridized carbons (Fsp3) is 0.200. The van der Waals surface area contributed by atoms with Gasteiger partial charge in [0.1, 0.15) is 12.4 Å². The van der Waals surface area contributed by atoms with E-state index in [0.717, 1.165) is 0 Å². The van der Waals surface area contributed by atoms with Crippen molar-refractivity contribution in [3.05, 3.63) is 29.6 Å². The lowest BCUT2D eigenvalue weighted by molar-refractivity contribution is -0.134. The summed E-state index contributed by atoms with van der Waals surface area (Å²) < 4.78 is 13.4. The highest BCUT2D eigenvalue weighted by molar-refractivity contribution is 5.72. The Kier molecular flexibility index (Phi) is 4.26. The molecule has 0 fully saturated rings. The number of rotatable bonds is 6. The molecule has 3 N–H and O–H groups in total. The third kappa shape index (κ3) is 3.56. The van der Waals surface area contributed by atoms with Gasteiger partial charge in [-0.1, -0.05) is 6.07 Å². The van der Waals surface area contributed by atoms with Crippen LogP contribution in [0.3, 0.4) is 0 Å². The van der Waals surface area contributed by atoms with Crippen molar-refractivity contribution >= 4 is 18.1 Å². The van der Waals surface area contributed by atoms with Gasteiger partial charge in [-0.05, 0) is 17.7 Å². The van der Waals surface area contributed by atoms with Crippen LogP contribution in [0.1, 0.15) is 5.56 Å². The zero-order valence-electron chi connectivity index (χ0n) is 8.37. The SMILES string of the molecule is O=CNCc1ccc(NCC(=O)O)c(F)c1. The number of nitrogens with one attached hydrogen (secondary N) is 2. The minimum Gasteiger partial charge on any atom is -0.480 e. The maximum atomic E-state index is 13.4. The van der Waals surface area contributed by atoms with E-state index < -0.39 is 11.8 Å². The number of benzene rings is 1. The van der Waals surface area contributed by atoms with E-state index >= 15 is 0 Å². The summed E-state index contributed by atoms with van der Waals surface area (Å²) in [6.07, 6.45) is 0.522. The topological polar surface area (TPSA) is 78.4 Å². The van der Waals surface area contributed by atoms with Crippen molar-refractivity contribution in [1.82, 2.24) is 5.32 Å². The predicted octanol–water partition coefficient (Wildman–Crippen LogP) is 0.568. The first-order valence-electron chi connectivity index (χ1n) is 4.54. The van der Waals surface area contributed by atoms with Crippen LogP contribution >= 0.6 is 0 Å². The summed E-state index contributed by atoms with van der Waals surface area (Å²) in [7, 11) is 0. The minimum absolute atomic E-state index is 0.122. The standard InChI is InChI=1S/C10H11FN2O3/c11-8-3-7(4-12-6-14)1-2-9(8)13-5-10(15)16/h1-3,6,13H,4-5H2,(H,12,14)(H,15,16). The third-order valence-electron chi connectivity index (χ3n) is 1.85. The Hall–Kier alpha value is -2.11. The van der Waals surface area contributed by atoms with E-state index in [0.29, 0.717) is 12.0 Å². The molecule has 0 atom stereocenters. The van der Waals surface area contributed by atoms with Crippen LogP contribution < -0.4 is 10.6 Å². The van der Waals surface area contributed by atoms with Gasteiger partial charge in [0.25, 0.3) is 0 Å². The fourth-order valence-corrected chi connectivity index (χ4v) is 1.14. The second-order valence-electron chi connectivity index (χ2n) is 3.06. The van der Waals surface area contributed by atoms with E-state index in [2.05, 4.69) is 10.6 Å². The Bertz CT molecular complexity index is 396. The van der Waals surface area contributed by atoms with Gasteiger partial charge in [0.05, 0.1) is 5.69 Å². The zero-order chi connectivity index (χ0) is 12.0. The Morgan fingerprint density at radius 3 is 2.81 bits per heavy atom. The molecule has 0 aromatic heterocycles. The summed E-state index contributed by atoms with van der Waals surface area (Å²) in [5.74, 6) is -1.61. The molecule has 0 bridgehead atoms. The molecule has 0 saturated heterocycles. The minimum atomic E-state index is -1.06. The molecule has 0 radical (unpaired) electrons. The molecular weight excluding hydrogens is 215 g/mol. The third-order valence-corrected chi connectivity index (χ3v) is 1.85. The summed E-state index contributed by atoms with van der Waals surface area (Å²) in [5.41, 5.74) is 0.725. The van der Waals surface area contributed by atoms with Crippen molar-refractivity contribution in [2.45, 2.75) is 6.54 Å². The maximum absolute atomic E-state index is 13.4. The molecular formula is C10H11FN2O3. The van der Waals surface area contributed by atoms with Gasteiger partial charge in [-0.25, -0.2) is 4.39 Å². The summed E-state index contributed by atoms with van der Waals surface area (Å²) in [6, 6.07) is 4.27. The van der Waals surface area contributed by atoms with Crippen molar-refractivity contribution in [2.24, 2.45) is 0 Å². The summed E-state index contributed by atoms with van der Waals surface area (Å²) in [6.45, 7) is -0.109. The Morgan fingerprint density at radius 2 is 2.25 bits per heavy atom. The van der Waals surface area contributed by atoms with Crippen LogP contribution in [0.5, 0.6) is 0 Å². The molecule has 5 nitrogen and oxygen atoms in total. The van der Waals surface area contributed by atoms with E-state index in [1.165, 1.54) is 12.1 Å². The van der Waals surface area contributed by atoms with Gasteiger partial charge in [0, 0.05) is 6.54 Å². The van der Waals surface area contributed by atoms with Gasteiger partial charge >= 0.3 is 5.97 Å². The van der Waals surface area contributed by atoms with Crippen LogP contribution in [0, 0.1) is 5.82 Å². The summed E-state index contributed by atoms with van der Waals surface area (Å²) in [4.78, 5) is 20.3. The lowest BCUT2D eigenvalue weighted by Crippen LogP contribution is -2.14. The molecule has 86 valence electrons. The molecule has 1 rings (SSSR count). The molecule has 1 aromatic rings. The van der Waals surface area contributed by atoms with Gasteiger partial charge in [0.15, 0.2) is 0 Å². The highest BCUT2D eigenvalue weighted by Gasteiger charge is 2.04. The Morgan fingerprint density at radius 1 is 1.50 bits per heavy atom. The molecule has 0 spiro atoms. The number of amides is 1. The number of carboxylic acid groups (broad SMARTS) is 1.